The Hall–Kier alpha value is -1.92. The number of rotatable bonds is 6. The molecule has 0 aliphatic carbocycles. The largest absolute Gasteiger partial charge is 0.378 e. The summed E-state index contributed by atoms with van der Waals surface area (Å²) in [4.78, 5) is 16.6. The van der Waals surface area contributed by atoms with Crippen molar-refractivity contribution in [2.45, 2.75) is 38.3 Å². The first-order chi connectivity index (χ1) is 11.7. The Morgan fingerprint density at radius 3 is 3.00 bits per heavy atom. The molecule has 24 heavy (non-hydrogen) atoms. The van der Waals surface area contributed by atoms with E-state index in [1.807, 2.05) is 42.6 Å². The number of thiazole rings is 1. The fourth-order valence-corrected chi connectivity index (χ4v) is 3.59. The fraction of sp³-hybridized carbons (Fsp3) is 0.444. The summed E-state index contributed by atoms with van der Waals surface area (Å²) in [6, 6.07) is 9.78. The van der Waals surface area contributed by atoms with E-state index in [2.05, 4.69) is 15.6 Å². The molecule has 1 aromatic heterocycles. The number of ether oxygens (including phenoxy) is 1. The van der Waals surface area contributed by atoms with Gasteiger partial charge in [-0.15, -0.1) is 11.3 Å². The standard InChI is InChI=1S/C18H23N3O2S/c1-13(20-18(22)19-10-9-15-8-5-11-23-15)17-21-16(12-24-17)14-6-3-2-4-7-14/h2-4,6-7,12-13,15H,5,8-11H2,1H3,(H2,19,20,22)/t13-,15+/m1/s1. The molecule has 2 N–H and O–H groups in total. The molecule has 2 heterocycles. The monoisotopic (exact) mass is 345 g/mol. The van der Waals surface area contributed by atoms with Crippen LogP contribution in [0.5, 0.6) is 0 Å². The first kappa shape index (κ1) is 16.9. The van der Waals surface area contributed by atoms with Gasteiger partial charge in [0.1, 0.15) is 5.01 Å². The summed E-state index contributed by atoms with van der Waals surface area (Å²) in [7, 11) is 0. The average Bonchev–Trinajstić information content (AvgIpc) is 3.27. The maximum Gasteiger partial charge on any atom is 0.315 e. The van der Waals surface area contributed by atoms with Crippen LogP contribution in [0.4, 0.5) is 4.79 Å². The van der Waals surface area contributed by atoms with E-state index in [0.717, 1.165) is 42.1 Å². The third-order valence-corrected chi connectivity index (χ3v) is 5.11. The molecule has 128 valence electrons. The molecule has 1 saturated heterocycles. The van der Waals surface area contributed by atoms with Crippen molar-refractivity contribution in [3.8, 4) is 11.3 Å². The van der Waals surface area contributed by atoms with Crippen LogP contribution in [-0.2, 0) is 4.74 Å². The van der Waals surface area contributed by atoms with Gasteiger partial charge >= 0.3 is 6.03 Å². The average molecular weight is 345 g/mol. The maximum absolute atomic E-state index is 12.0. The van der Waals surface area contributed by atoms with E-state index in [9.17, 15) is 4.79 Å². The number of carbonyl (C=O) groups excluding carboxylic acids is 1. The Labute approximate surface area is 146 Å². The predicted octanol–water partition coefficient (Wildman–Crippen LogP) is 3.74. The minimum atomic E-state index is -0.156. The first-order valence-electron chi connectivity index (χ1n) is 8.39. The van der Waals surface area contributed by atoms with Gasteiger partial charge in [0.15, 0.2) is 0 Å². The highest BCUT2D eigenvalue weighted by atomic mass is 32.1. The highest BCUT2D eigenvalue weighted by Gasteiger charge is 2.16. The molecule has 0 spiro atoms. The molecular formula is C18H23N3O2S. The van der Waals surface area contributed by atoms with Gasteiger partial charge in [-0.25, -0.2) is 9.78 Å². The summed E-state index contributed by atoms with van der Waals surface area (Å²) in [5, 5.41) is 8.77. The molecule has 2 amide bonds. The Kier molecular flexibility index (Phi) is 5.82. The smallest absolute Gasteiger partial charge is 0.315 e. The predicted molar refractivity (Wildman–Crippen MR) is 96.1 cm³/mol. The number of nitrogens with one attached hydrogen (secondary N) is 2. The number of carbonyl (C=O) groups is 1. The van der Waals surface area contributed by atoms with Crippen LogP contribution in [-0.4, -0.2) is 30.3 Å². The van der Waals surface area contributed by atoms with E-state index in [4.69, 9.17) is 4.74 Å². The molecule has 0 unspecified atom stereocenters. The van der Waals surface area contributed by atoms with E-state index in [1.54, 1.807) is 11.3 Å². The van der Waals surface area contributed by atoms with E-state index >= 15 is 0 Å². The van der Waals surface area contributed by atoms with Crippen LogP contribution in [0.2, 0.25) is 0 Å². The molecule has 1 aliphatic heterocycles. The van der Waals surface area contributed by atoms with Crippen LogP contribution in [0.25, 0.3) is 11.3 Å². The topological polar surface area (TPSA) is 63.2 Å². The summed E-state index contributed by atoms with van der Waals surface area (Å²) < 4.78 is 5.55. The second kappa shape index (κ2) is 8.26. The zero-order valence-corrected chi connectivity index (χ0v) is 14.6. The molecule has 0 radical (unpaired) electrons. The first-order valence-corrected chi connectivity index (χ1v) is 9.27. The van der Waals surface area contributed by atoms with Crippen LogP contribution < -0.4 is 10.6 Å². The van der Waals surface area contributed by atoms with Crippen molar-refractivity contribution >= 4 is 17.4 Å². The van der Waals surface area contributed by atoms with Gasteiger partial charge in [-0.2, -0.15) is 0 Å². The SMILES string of the molecule is C[C@@H](NC(=O)NCC[C@@H]1CCCO1)c1nc(-c2ccccc2)cs1. The van der Waals surface area contributed by atoms with Gasteiger partial charge in [-0.3, -0.25) is 0 Å². The third-order valence-electron chi connectivity index (χ3n) is 4.09. The number of amides is 2. The quantitative estimate of drug-likeness (QED) is 0.838. The summed E-state index contributed by atoms with van der Waals surface area (Å²) in [5.74, 6) is 0. The van der Waals surface area contributed by atoms with Crippen molar-refractivity contribution in [2.75, 3.05) is 13.2 Å². The lowest BCUT2D eigenvalue weighted by molar-refractivity contribution is 0.104. The zero-order valence-electron chi connectivity index (χ0n) is 13.8. The highest BCUT2D eigenvalue weighted by molar-refractivity contribution is 7.10. The van der Waals surface area contributed by atoms with Crippen LogP contribution in [0.15, 0.2) is 35.7 Å². The van der Waals surface area contributed by atoms with Crippen molar-refractivity contribution in [1.29, 1.82) is 0 Å². The van der Waals surface area contributed by atoms with Gasteiger partial charge in [0.05, 0.1) is 17.8 Å². The summed E-state index contributed by atoms with van der Waals surface area (Å²) in [6.07, 6.45) is 3.40. The maximum atomic E-state index is 12.0. The summed E-state index contributed by atoms with van der Waals surface area (Å²) in [5.41, 5.74) is 2.04. The van der Waals surface area contributed by atoms with E-state index in [0.29, 0.717) is 12.6 Å². The molecule has 1 aromatic carbocycles. The number of hydrogen-bond acceptors (Lipinski definition) is 4. The van der Waals surface area contributed by atoms with Crippen molar-refractivity contribution in [2.24, 2.45) is 0 Å². The van der Waals surface area contributed by atoms with Crippen LogP contribution in [0, 0.1) is 0 Å². The van der Waals surface area contributed by atoms with Gasteiger partial charge in [0.2, 0.25) is 0 Å². The summed E-state index contributed by atoms with van der Waals surface area (Å²) in [6.45, 7) is 3.44. The second-order valence-electron chi connectivity index (χ2n) is 5.98. The molecule has 1 fully saturated rings. The molecule has 3 rings (SSSR count). The molecule has 2 aromatic rings. The lowest BCUT2D eigenvalue weighted by Crippen LogP contribution is -2.38. The molecular weight excluding hydrogens is 322 g/mol. The van der Waals surface area contributed by atoms with Crippen molar-refractivity contribution in [3.05, 3.63) is 40.7 Å². The van der Waals surface area contributed by atoms with Gasteiger partial charge in [-0.05, 0) is 26.2 Å². The van der Waals surface area contributed by atoms with Crippen molar-refractivity contribution in [3.63, 3.8) is 0 Å². The van der Waals surface area contributed by atoms with E-state index < -0.39 is 0 Å². The Bertz CT molecular complexity index is 653. The number of urea groups is 1. The molecule has 0 bridgehead atoms. The molecule has 0 saturated carbocycles. The van der Waals surface area contributed by atoms with Gasteiger partial charge in [0, 0.05) is 24.1 Å². The van der Waals surface area contributed by atoms with Crippen molar-refractivity contribution in [1.82, 2.24) is 15.6 Å². The lowest BCUT2D eigenvalue weighted by atomic mass is 10.2. The third kappa shape index (κ3) is 4.55. The van der Waals surface area contributed by atoms with Crippen LogP contribution in [0.3, 0.4) is 0 Å². The van der Waals surface area contributed by atoms with E-state index in [1.165, 1.54) is 0 Å². The van der Waals surface area contributed by atoms with Crippen LogP contribution >= 0.6 is 11.3 Å². The number of nitrogens with zero attached hydrogens (tertiary/aromatic N) is 1. The van der Waals surface area contributed by atoms with Gasteiger partial charge in [0.25, 0.3) is 0 Å². The number of hydrogen-bond donors (Lipinski definition) is 2. The molecule has 1 aliphatic rings. The number of benzene rings is 1. The summed E-state index contributed by atoms with van der Waals surface area (Å²) >= 11 is 1.57. The minimum absolute atomic E-state index is 0.116. The van der Waals surface area contributed by atoms with Crippen molar-refractivity contribution < 1.29 is 9.53 Å². The normalized spacial score (nSPS) is 18.3. The molecule has 2 atom stereocenters. The minimum Gasteiger partial charge on any atom is -0.378 e. The number of aromatic nitrogens is 1. The fourth-order valence-electron chi connectivity index (χ4n) is 2.76. The van der Waals surface area contributed by atoms with Gasteiger partial charge < -0.3 is 15.4 Å². The Morgan fingerprint density at radius 1 is 1.42 bits per heavy atom. The van der Waals surface area contributed by atoms with E-state index in [-0.39, 0.29) is 12.1 Å². The molecule has 5 nitrogen and oxygen atoms in total. The van der Waals surface area contributed by atoms with Crippen LogP contribution in [0.1, 0.15) is 37.2 Å². The van der Waals surface area contributed by atoms with Gasteiger partial charge in [-0.1, -0.05) is 30.3 Å². The highest BCUT2D eigenvalue weighted by Crippen LogP contribution is 2.25. The molecule has 6 heteroatoms. The lowest BCUT2D eigenvalue weighted by Gasteiger charge is -2.14. The second-order valence-corrected chi connectivity index (χ2v) is 6.87. The Morgan fingerprint density at radius 2 is 2.25 bits per heavy atom. The zero-order chi connectivity index (χ0) is 16.8. The Balaban J connectivity index is 1.46.